The molecule has 3 nitrogen and oxygen atoms in total. The maximum atomic E-state index is 11.5. The summed E-state index contributed by atoms with van der Waals surface area (Å²) in [6, 6.07) is 0. The predicted molar refractivity (Wildman–Crippen MR) is 90.6 cm³/mol. The molecule has 1 aliphatic rings. The molecule has 0 aliphatic carbocycles. The van der Waals surface area contributed by atoms with Crippen molar-refractivity contribution in [1.29, 1.82) is 0 Å². The van der Waals surface area contributed by atoms with Crippen LogP contribution in [0.25, 0.3) is 0 Å². The van der Waals surface area contributed by atoms with Crippen LogP contribution in [0.3, 0.4) is 0 Å². The highest BCUT2D eigenvalue weighted by Crippen LogP contribution is 2.22. The fourth-order valence-electron chi connectivity index (χ4n) is 2.81. The van der Waals surface area contributed by atoms with E-state index in [2.05, 4.69) is 6.58 Å². The highest BCUT2D eigenvalue weighted by Gasteiger charge is 2.34. The molecule has 126 valence electrons. The van der Waals surface area contributed by atoms with Gasteiger partial charge in [0.15, 0.2) is 0 Å². The third kappa shape index (κ3) is 7.26. The number of unbranched alkanes of at least 4 members (excludes halogenated alkanes) is 10. The maximum Gasteiger partial charge on any atom is 0.336 e. The first-order valence-electron chi connectivity index (χ1n) is 8.86. The van der Waals surface area contributed by atoms with Gasteiger partial charge in [-0.25, -0.2) is 4.79 Å². The number of hydrogen-bond donors (Lipinski definition) is 1. The number of cyclic esters (lactones) is 1. The highest BCUT2D eigenvalue weighted by atomic mass is 16.6. The van der Waals surface area contributed by atoms with Crippen molar-refractivity contribution in [2.45, 2.75) is 89.8 Å². The summed E-state index contributed by atoms with van der Waals surface area (Å²) in [5, 5.41) is 9.79. The fraction of sp³-hybridized carbons (Fsp3) is 0.737. The van der Waals surface area contributed by atoms with E-state index in [4.69, 9.17) is 4.74 Å². The van der Waals surface area contributed by atoms with Gasteiger partial charge in [-0.05, 0) is 32.6 Å². The monoisotopic (exact) mass is 308 g/mol. The van der Waals surface area contributed by atoms with Crippen LogP contribution in [0.5, 0.6) is 0 Å². The van der Waals surface area contributed by atoms with E-state index in [-0.39, 0.29) is 5.97 Å². The Balaban J connectivity index is 1.94. The van der Waals surface area contributed by atoms with E-state index in [1.165, 1.54) is 51.4 Å². The first kappa shape index (κ1) is 19.0. The number of hydrogen-bond acceptors (Lipinski definition) is 3. The Kier molecular flexibility index (Phi) is 9.89. The second-order valence-corrected chi connectivity index (χ2v) is 6.26. The Morgan fingerprint density at radius 2 is 1.50 bits per heavy atom. The van der Waals surface area contributed by atoms with E-state index in [0.29, 0.717) is 5.57 Å². The van der Waals surface area contributed by atoms with Gasteiger partial charge in [-0.15, -0.1) is 6.58 Å². The second kappa shape index (κ2) is 11.5. The zero-order valence-electron chi connectivity index (χ0n) is 14.1. The van der Waals surface area contributed by atoms with Gasteiger partial charge in [-0.1, -0.05) is 57.1 Å². The average Bonchev–Trinajstić information content (AvgIpc) is 2.74. The number of carbonyl (C=O) groups is 1. The van der Waals surface area contributed by atoms with Crippen molar-refractivity contribution in [3.8, 4) is 0 Å². The molecule has 1 aliphatic heterocycles. The van der Waals surface area contributed by atoms with Gasteiger partial charge >= 0.3 is 5.97 Å². The van der Waals surface area contributed by atoms with Gasteiger partial charge in [-0.3, -0.25) is 0 Å². The molecule has 1 saturated heterocycles. The quantitative estimate of drug-likeness (QED) is 0.246. The van der Waals surface area contributed by atoms with Crippen molar-refractivity contribution in [2.75, 3.05) is 0 Å². The van der Waals surface area contributed by atoms with E-state index < -0.39 is 12.2 Å². The van der Waals surface area contributed by atoms with Gasteiger partial charge < -0.3 is 9.84 Å². The van der Waals surface area contributed by atoms with E-state index in [9.17, 15) is 9.90 Å². The summed E-state index contributed by atoms with van der Waals surface area (Å²) in [6.45, 7) is 5.46. The normalized spacial score (nSPS) is 23.0. The van der Waals surface area contributed by atoms with Crippen LogP contribution >= 0.6 is 0 Å². The Morgan fingerprint density at radius 1 is 1.00 bits per heavy atom. The van der Waals surface area contributed by atoms with Crippen LogP contribution in [0.2, 0.25) is 0 Å². The average molecular weight is 308 g/mol. The number of allylic oxidation sites excluding steroid dienone is 2. The van der Waals surface area contributed by atoms with E-state index >= 15 is 0 Å². The van der Waals surface area contributed by atoms with Gasteiger partial charge in [0.1, 0.15) is 12.2 Å². The molecule has 1 heterocycles. The first-order chi connectivity index (χ1) is 10.7. The summed E-state index contributed by atoms with van der Waals surface area (Å²) < 4.78 is 4.98. The molecule has 0 aromatic carbocycles. The van der Waals surface area contributed by atoms with Crippen molar-refractivity contribution in [1.82, 2.24) is 0 Å². The predicted octanol–water partition coefficient (Wildman–Crippen LogP) is 4.70. The number of carbonyl (C=O) groups excluding carboxylic acids is 1. The molecule has 1 N–H and O–H groups in total. The van der Waals surface area contributed by atoms with Gasteiger partial charge in [-0.2, -0.15) is 0 Å². The second-order valence-electron chi connectivity index (χ2n) is 6.26. The summed E-state index contributed by atoms with van der Waals surface area (Å²) in [5.41, 5.74) is 0.451. The molecule has 22 heavy (non-hydrogen) atoms. The van der Waals surface area contributed by atoms with Crippen molar-refractivity contribution in [2.24, 2.45) is 0 Å². The minimum atomic E-state index is -0.742. The van der Waals surface area contributed by atoms with Gasteiger partial charge in [0, 0.05) is 0 Å². The SMILES string of the molecule is C=CCCCCCCCCCCC/C=C1\C(=O)O[C@H](C)[C@H]1O. The third-order valence-corrected chi connectivity index (χ3v) is 4.27. The lowest BCUT2D eigenvalue weighted by Gasteiger charge is -2.04. The third-order valence-electron chi connectivity index (χ3n) is 4.27. The molecule has 0 spiro atoms. The van der Waals surface area contributed by atoms with Gasteiger partial charge in [0.05, 0.1) is 5.57 Å². The molecule has 0 bridgehead atoms. The van der Waals surface area contributed by atoms with Crippen molar-refractivity contribution in [3.05, 3.63) is 24.3 Å². The van der Waals surface area contributed by atoms with E-state index in [1.54, 1.807) is 6.92 Å². The minimum absolute atomic E-state index is 0.351. The standard InChI is InChI=1S/C19H32O3/c1-3-4-5-6-7-8-9-10-11-12-13-14-15-17-18(20)16(2)22-19(17)21/h3,15-16,18,20H,1,4-14H2,2H3/b17-15-/t16-,18-/m1/s1. The summed E-state index contributed by atoms with van der Waals surface area (Å²) in [6.07, 6.45) is 16.2. The highest BCUT2D eigenvalue weighted by molar-refractivity contribution is 5.92. The van der Waals surface area contributed by atoms with E-state index in [0.717, 1.165) is 19.3 Å². The zero-order chi connectivity index (χ0) is 16.2. The van der Waals surface area contributed by atoms with Gasteiger partial charge in [0.2, 0.25) is 0 Å². The van der Waals surface area contributed by atoms with Crippen LogP contribution in [0.1, 0.15) is 77.6 Å². The van der Waals surface area contributed by atoms with Crippen molar-refractivity contribution >= 4 is 5.97 Å². The molecule has 3 heteroatoms. The van der Waals surface area contributed by atoms with Crippen LogP contribution in [0.4, 0.5) is 0 Å². The number of ether oxygens (including phenoxy) is 1. The molecule has 0 unspecified atom stereocenters. The molecule has 0 saturated carbocycles. The molecule has 0 amide bonds. The molecule has 0 aromatic heterocycles. The number of esters is 1. The molecule has 0 radical (unpaired) electrons. The van der Waals surface area contributed by atoms with Crippen LogP contribution < -0.4 is 0 Å². The summed E-state index contributed by atoms with van der Waals surface area (Å²) >= 11 is 0. The van der Waals surface area contributed by atoms with E-state index in [1.807, 2.05) is 12.2 Å². The number of rotatable bonds is 12. The molecule has 2 atom stereocenters. The molecular weight excluding hydrogens is 276 g/mol. The molecule has 1 rings (SSSR count). The molecule has 1 fully saturated rings. The summed E-state index contributed by atoms with van der Waals surface area (Å²) in [4.78, 5) is 11.5. The Bertz CT molecular complexity index is 360. The maximum absolute atomic E-state index is 11.5. The first-order valence-corrected chi connectivity index (χ1v) is 8.86. The number of aliphatic hydroxyl groups excluding tert-OH is 1. The fourth-order valence-corrected chi connectivity index (χ4v) is 2.81. The Labute approximate surface area is 135 Å². The number of aliphatic hydroxyl groups is 1. The smallest absolute Gasteiger partial charge is 0.336 e. The summed E-state index contributed by atoms with van der Waals surface area (Å²) in [5.74, 6) is -0.351. The lowest BCUT2D eigenvalue weighted by atomic mass is 10.0. The van der Waals surface area contributed by atoms with Crippen molar-refractivity contribution < 1.29 is 14.6 Å². The van der Waals surface area contributed by atoms with Crippen LogP contribution in [-0.2, 0) is 9.53 Å². The Hall–Kier alpha value is -1.09. The Morgan fingerprint density at radius 3 is 1.95 bits per heavy atom. The topological polar surface area (TPSA) is 46.5 Å². The van der Waals surface area contributed by atoms with Crippen molar-refractivity contribution in [3.63, 3.8) is 0 Å². The molecular formula is C19H32O3. The van der Waals surface area contributed by atoms with Crippen LogP contribution in [-0.4, -0.2) is 23.3 Å². The van der Waals surface area contributed by atoms with Crippen LogP contribution in [0.15, 0.2) is 24.3 Å². The summed E-state index contributed by atoms with van der Waals surface area (Å²) in [7, 11) is 0. The minimum Gasteiger partial charge on any atom is -0.456 e. The van der Waals surface area contributed by atoms with Crippen LogP contribution in [0, 0.1) is 0 Å². The molecule has 0 aromatic rings. The van der Waals surface area contributed by atoms with Gasteiger partial charge in [0.25, 0.3) is 0 Å². The lowest BCUT2D eigenvalue weighted by Crippen LogP contribution is -2.17. The largest absolute Gasteiger partial charge is 0.456 e. The zero-order valence-corrected chi connectivity index (χ0v) is 14.1. The lowest BCUT2D eigenvalue weighted by molar-refractivity contribution is -0.138.